The molecule has 1 N–H and O–H groups in total. The lowest BCUT2D eigenvalue weighted by atomic mass is 10.1. The minimum atomic E-state index is -0.0926. The summed E-state index contributed by atoms with van der Waals surface area (Å²) in [4.78, 5) is 17.5. The molecule has 4 rings (SSSR count). The first kappa shape index (κ1) is 16.6. The molecule has 0 fully saturated rings. The molecule has 0 unspecified atom stereocenters. The first-order valence-corrected chi connectivity index (χ1v) is 9.23. The number of benzene rings is 1. The average molecular weight is 349 g/mol. The van der Waals surface area contributed by atoms with Gasteiger partial charge in [-0.05, 0) is 25.3 Å². The van der Waals surface area contributed by atoms with Crippen LogP contribution in [0.25, 0.3) is 11.4 Å². The van der Waals surface area contributed by atoms with Crippen LogP contribution in [0.5, 0.6) is 0 Å². The van der Waals surface area contributed by atoms with E-state index in [1.54, 1.807) is 6.20 Å². The number of carbonyl (C=O) groups excluding carboxylic acids is 1. The Morgan fingerprint density at radius 3 is 2.81 bits per heavy atom. The fourth-order valence-corrected chi connectivity index (χ4v) is 3.51. The van der Waals surface area contributed by atoms with E-state index in [0.29, 0.717) is 18.8 Å². The number of aromatic nitrogens is 4. The van der Waals surface area contributed by atoms with Crippen molar-refractivity contribution >= 4 is 5.91 Å². The third-order valence-corrected chi connectivity index (χ3v) is 4.80. The highest BCUT2D eigenvalue weighted by atomic mass is 16.1. The van der Waals surface area contributed by atoms with Crippen molar-refractivity contribution in [2.45, 2.75) is 38.8 Å². The lowest BCUT2D eigenvalue weighted by molar-refractivity contribution is 0.0946. The highest BCUT2D eigenvalue weighted by molar-refractivity contribution is 5.94. The first-order chi connectivity index (χ1) is 12.8. The molecule has 0 saturated carbocycles. The number of rotatable bonds is 5. The fourth-order valence-electron chi connectivity index (χ4n) is 3.51. The predicted octanol–water partition coefficient (Wildman–Crippen LogP) is 2.90. The number of hydrogen-bond acceptors (Lipinski definition) is 3. The molecule has 134 valence electrons. The van der Waals surface area contributed by atoms with Crippen molar-refractivity contribution in [2.24, 2.45) is 0 Å². The van der Waals surface area contributed by atoms with Gasteiger partial charge in [0.25, 0.3) is 5.91 Å². The molecule has 0 spiro atoms. The third-order valence-electron chi connectivity index (χ3n) is 4.80. The summed E-state index contributed by atoms with van der Waals surface area (Å²) in [5.74, 6) is 0.810. The van der Waals surface area contributed by atoms with Crippen LogP contribution < -0.4 is 5.32 Å². The molecule has 6 nitrogen and oxygen atoms in total. The van der Waals surface area contributed by atoms with Crippen molar-refractivity contribution in [3.63, 3.8) is 0 Å². The Morgan fingerprint density at radius 2 is 2.00 bits per heavy atom. The fraction of sp³-hybridized carbons (Fsp3) is 0.350. The number of imidazole rings is 1. The summed E-state index contributed by atoms with van der Waals surface area (Å²) in [6.45, 7) is 2.11. The summed E-state index contributed by atoms with van der Waals surface area (Å²) in [6.07, 6.45) is 7.96. The van der Waals surface area contributed by atoms with E-state index in [9.17, 15) is 4.79 Å². The molecule has 3 heterocycles. The van der Waals surface area contributed by atoms with Crippen LogP contribution in [0, 0.1) is 0 Å². The quantitative estimate of drug-likeness (QED) is 0.770. The van der Waals surface area contributed by atoms with Crippen LogP contribution in [0.2, 0.25) is 0 Å². The molecule has 3 aromatic rings. The smallest absolute Gasteiger partial charge is 0.271 e. The van der Waals surface area contributed by atoms with Crippen LogP contribution in [0.1, 0.15) is 35.4 Å². The van der Waals surface area contributed by atoms with E-state index in [4.69, 9.17) is 4.98 Å². The third kappa shape index (κ3) is 3.40. The van der Waals surface area contributed by atoms with E-state index in [1.807, 2.05) is 35.1 Å². The van der Waals surface area contributed by atoms with E-state index in [-0.39, 0.29) is 5.91 Å². The van der Waals surface area contributed by atoms with Crippen molar-refractivity contribution in [3.05, 3.63) is 60.2 Å². The monoisotopic (exact) mass is 349 g/mol. The zero-order valence-corrected chi connectivity index (χ0v) is 14.8. The molecule has 1 aliphatic heterocycles. The van der Waals surface area contributed by atoms with Gasteiger partial charge in [-0.2, -0.15) is 5.10 Å². The Labute approximate surface area is 152 Å². The largest absolute Gasteiger partial charge is 0.349 e. The van der Waals surface area contributed by atoms with Crippen molar-refractivity contribution in [3.8, 4) is 11.4 Å². The van der Waals surface area contributed by atoms with Crippen LogP contribution in [0.15, 0.2) is 48.8 Å². The van der Waals surface area contributed by atoms with Gasteiger partial charge in [0.1, 0.15) is 11.5 Å². The van der Waals surface area contributed by atoms with Crippen molar-refractivity contribution in [2.75, 3.05) is 6.54 Å². The van der Waals surface area contributed by atoms with Crippen LogP contribution in [0.3, 0.4) is 0 Å². The van der Waals surface area contributed by atoms with Crippen molar-refractivity contribution < 1.29 is 4.79 Å². The zero-order valence-electron chi connectivity index (χ0n) is 14.8. The van der Waals surface area contributed by atoms with E-state index in [0.717, 1.165) is 42.9 Å². The molecule has 1 amide bonds. The SMILES string of the molecule is O=C(NCCn1cccn1)c1nc(-c2ccccc2)n2c1CCCCC2. The second-order valence-electron chi connectivity index (χ2n) is 6.58. The van der Waals surface area contributed by atoms with Gasteiger partial charge in [0.15, 0.2) is 0 Å². The number of fused-ring (bicyclic) bond motifs is 1. The van der Waals surface area contributed by atoms with E-state index >= 15 is 0 Å². The summed E-state index contributed by atoms with van der Waals surface area (Å²) >= 11 is 0. The Morgan fingerprint density at radius 1 is 1.12 bits per heavy atom. The average Bonchev–Trinajstić information content (AvgIpc) is 3.24. The zero-order chi connectivity index (χ0) is 17.8. The molecule has 0 aliphatic carbocycles. The van der Waals surface area contributed by atoms with Crippen molar-refractivity contribution in [1.29, 1.82) is 0 Å². The van der Waals surface area contributed by atoms with E-state index in [1.165, 1.54) is 6.42 Å². The van der Waals surface area contributed by atoms with Crippen LogP contribution >= 0.6 is 0 Å². The lowest BCUT2D eigenvalue weighted by Gasteiger charge is -2.09. The Hall–Kier alpha value is -2.89. The van der Waals surface area contributed by atoms with Gasteiger partial charge in [-0.25, -0.2) is 4.98 Å². The second-order valence-corrected chi connectivity index (χ2v) is 6.58. The summed E-state index contributed by atoms with van der Waals surface area (Å²) in [5, 5.41) is 7.15. The maximum Gasteiger partial charge on any atom is 0.271 e. The summed E-state index contributed by atoms with van der Waals surface area (Å²) < 4.78 is 4.05. The molecule has 6 heteroatoms. The molecule has 0 atom stereocenters. The van der Waals surface area contributed by atoms with Crippen LogP contribution in [-0.4, -0.2) is 31.8 Å². The van der Waals surface area contributed by atoms with Gasteiger partial charge in [-0.15, -0.1) is 0 Å². The molecule has 0 saturated heterocycles. The van der Waals surface area contributed by atoms with Gasteiger partial charge in [-0.1, -0.05) is 36.8 Å². The standard InChI is InChI=1S/C20H23N5O/c26-20(21-12-15-24-13-7-11-22-24)18-17-10-5-2-6-14-25(17)19(23-18)16-8-3-1-4-9-16/h1,3-4,7-9,11,13H,2,5-6,10,12,14-15H2,(H,21,26). The molecule has 1 aromatic carbocycles. The molecule has 1 aliphatic rings. The lowest BCUT2D eigenvalue weighted by Crippen LogP contribution is -2.28. The Bertz CT molecular complexity index is 867. The van der Waals surface area contributed by atoms with E-state index in [2.05, 4.69) is 27.1 Å². The molecular formula is C20H23N5O. The summed E-state index contributed by atoms with van der Waals surface area (Å²) in [6, 6.07) is 12.0. The Balaban J connectivity index is 1.58. The van der Waals surface area contributed by atoms with Gasteiger partial charge >= 0.3 is 0 Å². The first-order valence-electron chi connectivity index (χ1n) is 9.23. The molecule has 0 radical (unpaired) electrons. The molecule has 26 heavy (non-hydrogen) atoms. The topological polar surface area (TPSA) is 64.7 Å². The number of carbonyl (C=O) groups is 1. The Kier molecular flexibility index (Phi) is 4.82. The minimum Gasteiger partial charge on any atom is -0.349 e. The maximum atomic E-state index is 12.8. The van der Waals surface area contributed by atoms with Gasteiger partial charge in [0.05, 0.1) is 12.2 Å². The number of nitrogens with zero attached hydrogens (tertiary/aromatic N) is 4. The van der Waals surface area contributed by atoms with Gasteiger partial charge < -0.3 is 9.88 Å². The van der Waals surface area contributed by atoms with Gasteiger partial charge in [0.2, 0.25) is 0 Å². The number of hydrogen-bond donors (Lipinski definition) is 1. The molecular weight excluding hydrogens is 326 g/mol. The normalized spacial score (nSPS) is 13.8. The maximum absolute atomic E-state index is 12.8. The van der Waals surface area contributed by atoms with Crippen molar-refractivity contribution in [1.82, 2.24) is 24.6 Å². The van der Waals surface area contributed by atoms with Gasteiger partial charge in [0, 0.05) is 31.0 Å². The van der Waals surface area contributed by atoms with Crippen LogP contribution in [0.4, 0.5) is 0 Å². The molecule has 0 bridgehead atoms. The highest BCUT2D eigenvalue weighted by Crippen LogP contribution is 2.27. The minimum absolute atomic E-state index is 0.0926. The second kappa shape index (κ2) is 7.56. The van der Waals surface area contributed by atoms with E-state index < -0.39 is 0 Å². The predicted molar refractivity (Wildman–Crippen MR) is 99.8 cm³/mol. The summed E-state index contributed by atoms with van der Waals surface area (Å²) in [5.41, 5.74) is 2.70. The van der Waals surface area contributed by atoms with Gasteiger partial charge in [-0.3, -0.25) is 9.48 Å². The summed E-state index contributed by atoms with van der Waals surface area (Å²) in [7, 11) is 0. The van der Waals surface area contributed by atoms with Crippen LogP contribution in [-0.2, 0) is 19.5 Å². The molecule has 2 aromatic heterocycles. The number of nitrogens with one attached hydrogen (secondary N) is 1. The number of amides is 1. The highest BCUT2D eigenvalue weighted by Gasteiger charge is 2.23.